The molecule has 1 heterocycles. The summed E-state index contributed by atoms with van der Waals surface area (Å²) < 4.78 is 4.86. The van der Waals surface area contributed by atoms with Gasteiger partial charge >= 0.3 is 0 Å². The number of nitrogens with two attached hydrogens (primary N) is 3. The molecule has 6 N–H and O–H groups in total. The maximum Gasteiger partial charge on any atom is 0.149 e. The van der Waals surface area contributed by atoms with Gasteiger partial charge in [-0.25, -0.2) is 4.98 Å². The van der Waals surface area contributed by atoms with Crippen LogP contribution in [-0.4, -0.2) is 12.1 Å². The molecular formula is C7H12N4O. The van der Waals surface area contributed by atoms with E-state index in [0.717, 1.165) is 0 Å². The number of nitrogen functional groups attached to an aromatic ring is 3. The molecule has 0 bridgehead atoms. The number of hydrogen-bond acceptors (Lipinski definition) is 5. The lowest BCUT2D eigenvalue weighted by Gasteiger charge is -2.05. The Morgan fingerprint density at radius 1 is 1.42 bits per heavy atom. The molecule has 66 valence electrons. The van der Waals surface area contributed by atoms with E-state index in [-0.39, 0.29) is 5.82 Å². The highest BCUT2D eigenvalue weighted by atomic mass is 16.5. The largest absolute Gasteiger partial charge is 0.397 e. The summed E-state index contributed by atoms with van der Waals surface area (Å²) in [6.45, 7) is 0.384. The Balaban J connectivity index is 3.04. The van der Waals surface area contributed by atoms with Crippen molar-refractivity contribution in [2.45, 2.75) is 6.61 Å². The molecule has 0 atom stereocenters. The molecule has 1 aromatic heterocycles. The molecule has 0 saturated carbocycles. The predicted molar refractivity (Wildman–Crippen MR) is 48.2 cm³/mol. The zero-order valence-corrected chi connectivity index (χ0v) is 6.87. The van der Waals surface area contributed by atoms with Gasteiger partial charge in [0.15, 0.2) is 0 Å². The molecule has 12 heavy (non-hydrogen) atoms. The van der Waals surface area contributed by atoms with E-state index in [1.54, 1.807) is 13.2 Å². The molecule has 5 nitrogen and oxygen atoms in total. The summed E-state index contributed by atoms with van der Waals surface area (Å²) in [7, 11) is 1.57. The van der Waals surface area contributed by atoms with Crippen LogP contribution >= 0.6 is 0 Å². The molecule has 5 heteroatoms. The lowest BCUT2D eigenvalue weighted by atomic mass is 10.3. The molecule has 0 spiro atoms. The molecule has 0 aromatic carbocycles. The van der Waals surface area contributed by atoms with Gasteiger partial charge in [-0.1, -0.05) is 0 Å². The number of methoxy groups -OCH3 is 1. The van der Waals surface area contributed by atoms with E-state index in [0.29, 0.717) is 23.7 Å². The SMILES string of the molecule is COCc1cc(N)c(N)c(N)n1. The van der Waals surface area contributed by atoms with Gasteiger partial charge in [-0.15, -0.1) is 0 Å². The Hall–Kier alpha value is -1.49. The number of ether oxygens (including phenoxy) is 1. The Labute approximate surface area is 70.5 Å². The lowest BCUT2D eigenvalue weighted by Crippen LogP contribution is -2.05. The van der Waals surface area contributed by atoms with Crippen LogP contribution in [0, 0.1) is 0 Å². The summed E-state index contributed by atoms with van der Waals surface area (Å²) in [5.74, 6) is 0.252. The van der Waals surface area contributed by atoms with Crippen molar-refractivity contribution in [2.24, 2.45) is 0 Å². The fraction of sp³-hybridized carbons (Fsp3) is 0.286. The van der Waals surface area contributed by atoms with Crippen molar-refractivity contribution in [1.82, 2.24) is 4.98 Å². The Morgan fingerprint density at radius 2 is 2.08 bits per heavy atom. The van der Waals surface area contributed by atoms with E-state index in [9.17, 15) is 0 Å². The summed E-state index contributed by atoms with van der Waals surface area (Å²) in [6, 6.07) is 1.65. The number of aromatic nitrogens is 1. The minimum Gasteiger partial charge on any atom is -0.397 e. The summed E-state index contributed by atoms with van der Waals surface area (Å²) in [4.78, 5) is 3.97. The van der Waals surface area contributed by atoms with Gasteiger partial charge < -0.3 is 21.9 Å². The van der Waals surface area contributed by atoms with Crippen LogP contribution in [0.3, 0.4) is 0 Å². The van der Waals surface area contributed by atoms with Crippen molar-refractivity contribution in [3.8, 4) is 0 Å². The molecule has 0 aliphatic carbocycles. The maximum atomic E-state index is 5.55. The van der Waals surface area contributed by atoms with Gasteiger partial charge in [-0.3, -0.25) is 0 Å². The van der Waals surface area contributed by atoms with Crippen LogP contribution in [0.2, 0.25) is 0 Å². The molecule has 0 radical (unpaired) electrons. The second-order valence-corrected chi connectivity index (χ2v) is 2.43. The third-order valence-electron chi connectivity index (χ3n) is 1.47. The summed E-state index contributed by atoms with van der Waals surface area (Å²) in [5, 5.41) is 0. The maximum absolute atomic E-state index is 5.55. The van der Waals surface area contributed by atoms with Crippen molar-refractivity contribution in [2.75, 3.05) is 24.3 Å². The quantitative estimate of drug-likeness (QED) is 0.576. The number of anilines is 3. The van der Waals surface area contributed by atoms with E-state index in [1.807, 2.05) is 0 Å². The number of hydrogen-bond donors (Lipinski definition) is 3. The van der Waals surface area contributed by atoms with Crippen LogP contribution in [0.5, 0.6) is 0 Å². The standard InChI is InChI=1S/C7H12N4O/c1-12-3-4-2-5(8)6(9)7(10)11-4/h2H,3,9H2,1H3,(H4,8,10,11). The molecule has 0 aliphatic heterocycles. The molecule has 0 amide bonds. The van der Waals surface area contributed by atoms with Crippen molar-refractivity contribution in [3.63, 3.8) is 0 Å². The van der Waals surface area contributed by atoms with Crippen LogP contribution in [-0.2, 0) is 11.3 Å². The Bertz CT molecular complexity index is 264. The lowest BCUT2D eigenvalue weighted by molar-refractivity contribution is 0.181. The van der Waals surface area contributed by atoms with Gasteiger partial charge in [0.05, 0.1) is 23.7 Å². The predicted octanol–water partition coefficient (Wildman–Crippen LogP) is -0.0254. The second-order valence-electron chi connectivity index (χ2n) is 2.43. The topological polar surface area (TPSA) is 100 Å². The van der Waals surface area contributed by atoms with Gasteiger partial charge in [-0.2, -0.15) is 0 Å². The van der Waals surface area contributed by atoms with Crippen LogP contribution < -0.4 is 17.2 Å². The van der Waals surface area contributed by atoms with Gasteiger partial charge in [0.1, 0.15) is 5.82 Å². The van der Waals surface area contributed by atoms with Gasteiger partial charge in [0.2, 0.25) is 0 Å². The van der Waals surface area contributed by atoms with Gasteiger partial charge in [0, 0.05) is 7.11 Å². The third-order valence-corrected chi connectivity index (χ3v) is 1.47. The molecule has 1 aromatic rings. The fourth-order valence-electron chi connectivity index (χ4n) is 0.874. The number of rotatable bonds is 2. The highest BCUT2D eigenvalue weighted by Crippen LogP contribution is 2.21. The van der Waals surface area contributed by atoms with Crippen LogP contribution in [0.25, 0.3) is 0 Å². The minimum absolute atomic E-state index is 0.252. The highest BCUT2D eigenvalue weighted by molar-refractivity contribution is 5.74. The van der Waals surface area contributed by atoms with E-state index in [2.05, 4.69) is 4.98 Å². The zero-order chi connectivity index (χ0) is 9.14. The molecule has 1 rings (SSSR count). The fourth-order valence-corrected chi connectivity index (χ4v) is 0.874. The first-order valence-corrected chi connectivity index (χ1v) is 3.44. The Kier molecular flexibility index (Phi) is 2.35. The molecule has 0 fully saturated rings. The van der Waals surface area contributed by atoms with Crippen molar-refractivity contribution >= 4 is 17.2 Å². The highest BCUT2D eigenvalue weighted by Gasteiger charge is 2.03. The summed E-state index contributed by atoms with van der Waals surface area (Å²) in [6.07, 6.45) is 0. The van der Waals surface area contributed by atoms with Gasteiger partial charge in [0.25, 0.3) is 0 Å². The first-order chi connectivity index (χ1) is 5.65. The Morgan fingerprint density at radius 3 is 2.58 bits per heavy atom. The average molecular weight is 168 g/mol. The van der Waals surface area contributed by atoms with E-state index in [4.69, 9.17) is 21.9 Å². The third kappa shape index (κ3) is 1.57. The second kappa shape index (κ2) is 3.27. The molecular weight excluding hydrogens is 156 g/mol. The van der Waals surface area contributed by atoms with E-state index in [1.165, 1.54) is 0 Å². The summed E-state index contributed by atoms with van der Waals surface area (Å²) in [5.41, 5.74) is 18.0. The van der Waals surface area contributed by atoms with E-state index < -0.39 is 0 Å². The van der Waals surface area contributed by atoms with Crippen molar-refractivity contribution < 1.29 is 4.74 Å². The van der Waals surface area contributed by atoms with Crippen LogP contribution in [0.1, 0.15) is 5.69 Å². The average Bonchev–Trinajstić information content (AvgIpc) is 2.01. The molecule has 0 unspecified atom stereocenters. The molecule has 0 aliphatic rings. The molecule has 0 saturated heterocycles. The van der Waals surface area contributed by atoms with Crippen LogP contribution in [0.15, 0.2) is 6.07 Å². The van der Waals surface area contributed by atoms with E-state index >= 15 is 0 Å². The van der Waals surface area contributed by atoms with Crippen LogP contribution in [0.4, 0.5) is 17.2 Å². The first kappa shape index (κ1) is 8.61. The van der Waals surface area contributed by atoms with Crippen molar-refractivity contribution in [1.29, 1.82) is 0 Å². The monoisotopic (exact) mass is 168 g/mol. The smallest absolute Gasteiger partial charge is 0.149 e. The minimum atomic E-state index is 0.252. The summed E-state index contributed by atoms with van der Waals surface area (Å²) >= 11 is 0. The zero-order valence-electron chi connectivity index (χ0n) is 6.87. The van der Waals surface area contributed by atoms with Crippen molar-refractivity contribution in [3.05, 3.63) is 11.8 Å². The number of nitrogens with zero attached hydrogens (tertiary/aromatic N) is 1. The first-order valence-electron chi connectivity index (χ1n) is 3.44. The van der Waals surface area contributed by atoms with Gasteiger partial charge in [-0.05, 0) is 6.07 Å². The normalized spacial score (nSPS) is 10.1. The number of pyridine rings is 1.